The third-order valence-electron chi connectivity index (χ3n) is 2.54. The van der Waals surface area contributed by atoms with Crippen molar-refractivity contribution in [3.63, 3.8) is 0 Å². The number of halogens is 2. The summed E-state index contributed by atoms with van der Waals surface area (Å²) in [7, 11) is 1.60. The SMILES string of the molecule is COc1cc(CCl)cc(Cl)c1OCCC(C)(C)C. The summed E-state index contributed by atoms with van der Waals surface area (Å²) in [6.45, 7) is 7.13. The van der Waals surface area contributed by atoms with Crippen LogP contribution in [0.3, 0.4) is 0 Å². The number of ether oxygens (including phenoxy) is 2. The van der Waals surface area contributed by atoms with Gasteiger partial charge in [0, 0.05) is 5.88 Å². The molecule has 0 amide bonds. The molecule has 0 spiro atoms. The summed E-state index contributed by atoms with van der Waals surface area (Å²) in [6.07, 6.45) is 0.948. The first-order valence-electron chi connectivity index (χ1n) is 5.92. The van der Waals surface area contributed by atoms with Gasteiger partial charge in [-0.2, -0.15) is 0 Å². The second-order valence-electron chi connectivity index (χ2n) is 5.40. The molecule has 2 nitrogen and oxygen atoms in total. The fourth-order valence-corrected chi connectivity index (χ4v) is 1.89. The second kappa shape index (κ2) is 6.53. The molecule has 0 aromatic heterocycles. The number of methoxy groups -OCH3 is 1. The first kappa shape index (κ1) is 15.5. The Labute approximate surface area is 119 Å². The lowest BCUT2D eigenvalue weighted by molar-refractivity contribution is 0.234. The molecule has 0 radical (unpaired) electrons. The van der Waals surface area contributed by atoms with E-state index in [1.54, 1.807) is 7.11 Å². The molecule has 0 bridgehead atoms. The monoisotopic (exact) mass is 290 g/mol. The standard InChI is InChI=1S/C14H20Cl2O2/c1-14(2,3)5-6-18-13-11(16)7-10(9-15)8-12(13)17-4/h7-8H,5-6,9H2,1-4H3. The second-order valence-corrected chi connectivity index (χ2v) is 6.08. The number of hydrogen-bond acceptors (Lipinski definition) is 2. The average Bonchev–Trinajstić information content (AvgIpc) is 2.29. The van der Waals surface area contributed by atoms with Crippen LogP contribution in [0, 0.1) is 5.41 Å². The van der Waals surface area contributed by atoms with Crippen LogP contribution in [0.1, 0.15) is 32.8 Å². The van der Waals surface area contributed by atoms with Crippen LogP contribution in [0.2, 0.25) is 5.02 Å². The third kappa shape index (κ3) is 4.58. The van der Waals surface area contributed by atoms with Crippen molar-refractivity contribution in [1.29, 1.82) is 0 Å². The Morgan fingerprint density at radius 3 is 2.39 bits per heavy atom. The minimum absolute atomic E-state index is 0.232. The molecule has 0 unspecified atom stereocenters. The van der Waals surface area contributed by atoms with Crippen LogP contribution < -0.4 is 9.47 Å². The highest BCUT2D eigenvalue weighted by atomic mass is 35.5. The summed E-state index contributed by atoms with van der Waals surface area (Å²) in [5, 5.41) is 0.541. The van der Waals surface area contributed by atoms with E-state index in [9.17, 15) is 0 Å². The maximum Gasteiger partial charge on any atom is 0.179 e. The van der Waals surface area contributed by atoms with E-state index < -0.39 is 0 Å². The molecule has 0 saturated heterocycles. The molecule has 0 atom stereocenters. The summed E-state index contributed by atoms with van der Waals surface area (Å²) in [4.78, 5) is 0. The number of alkyl halides is 1. The number of rotatable bonds is 5. The molecule has 18 heavy (non-hydrogen) atoms. The molecule has 1 rings (SSSR count). The van der Waals surface area contributed by atoms with Crippen molar-refractivity contribution >= 4 is 23.2 Å². The Morgan fingerprint density at radius 2 is 1.89 bits per heavy atom. The fraction of sp³-hybridized carbons (Fsp3) is 0.571. The van der Waals surface area contributed by atoms with Gasteiger partial charge in [0.15, 0.2) is 11.5 Å². The van der Waals surface area contributed by atoms with Crippen molar-refractivity contribution in [2.75, 3.05) is 13.7 Å². The van der Waals surface area contributed by atoms with Gasteiger partial charge in [0.25, 0.3) is 0 Å². The minimum atomic E-state index is 0.232. The molecule has 102 valence electrons. The predicted octanol–water partition coefficient (Wildman–Crippen LogP) is 4.90. The Bertz CT molecular complexity index is 398. The third-order valence-corrected chi connectivity index (χ3v) is 3.13. The van der Waals surface area contributed by atoms with Crippen molar-refractivity contribution in [2.45, 2.75) is 33.1 Å². The van der Waals surface area contributed by atoms with Gasteiger partial charge < -0.3 is 9.47 Å². The smallest absolute Gasteiger partial charge is 0.179 e. The van der Waals surface area contributed by atoms with Crippen molar-refractivity contribution in [2.24, 2.45) is 5.41 Å². The summed E-state index contributed by atoms with van der Waals surface area (Å²) in [5.74, 6) is 1.63. The molecule has 0 fully saturated rings. The zero-order chi connectivity index (χ0) is 13.8. The van der Waals surface area contributed by atoms with Crippen LogP contribution in [0.25, 0.3) is 0 Å². The van der Waals surface area contributed by atoms with Crippen molar-refractivity contribution in [3.05, 3.63) is 22.7 Å². The summed E-state index contributed by atoms with van der Waals surface area (Å²) in [5.41, 5.74) is 1.15. The zero-order valence-corrected chi connectivity index (χ0v) is 12.9. The van der Waals surface area contributed by atoms with Gasteiger partial charge >= 0.3 is 0 Å². The molecule has 1 aromatic carbocycles. The Balaban J connectivity index is 2.81. The van der Waals surface area contributed by atoms with Gasteiger partial charge in [-0.25, -0.2) is 0 Å². The van der Waals surface area contributed by atoms with Crippen LogP contribution >= 0.6 is 23.2 Å². The normalized spacial score (nSPS) is 11.4. The molecule has 0 heterocycles. The Morgan fingerprint density at radius 1 is 1.22 bits per heavy atom. The maximum absolute atomic E-state index is 6.18. The van der Waals surface area contributed by atoms with Gasteiger partial charge in [-0.3, -0.25) is 0 Å². The van der Waals surface area contributed by atoms with E-state index in [0.29, 0.717) is 29.0 Å². The first-order valence-corrected chi connectivity index (χ1v) is 6.84. The topological polar surface area (TPSA) is 18.5 Å². The lowest BCUT2D eigenvalue weighted by Crippen LogP contribution is -2.11. The van der Waals surface area contributed by atoms with Gasteiger partial charge in [0.2, 0.25) is 0 Å². The molecular weight excluding hydrogens is 271 g/mol. The molecule has 0 aliphatic rings. The van der Waals surface area contributed by atoms with Gasteiger partial charge in [-0.05, 0) is 29.5 Å². The Hall–Kier alpha value is -0.600. The van der Waals surface area contributed by atoms with E-state index in [1.165, 1.54) is 0 Å². The summed E-state index contributed by atoms with van der Waals surface area (Å²) in [6, 6.07) is 3.66. The quantitative estimate of drug-likeness (QED) is 0.718. The van der Waals surface area contributed by atoms with Crippen LogP contribution in [0.4, 0.5) is 0 Å². The maximum atomic E-state index is 6.18. The van der Waals surface area contributed by atoms with Crippen molar-refractivity contribution in [3.8, 4) is 11.5 Å². The van der Waals surface area contributed by atoms with Crippen LogP contribution in [0.15, 0.2) is 12.1 Å². The minimum Gasteiger partial charge on any atom is -0.493 e. The molecular formula is C14H20Cl2O2. The van der Waals surface area contributed by atoms with Crippen LogP contribution in [-0.4, -0.2) is 13.7 Å². The predicted molar refractivity (Wildman–Crippen MR) is 77.1 cm³/mol. The lowest BCUT2D eigenvalue weighted by atomic mass is 9.93. The fourth-order valence-electron chi connectivity index (χ4n) is 1.45. The van der Waals surface area contributed by atoms with E-state index >= 15 is 0 Å². The van der Waals surface area contributed by atoms with Crippen LogP contribution in [0.5, 0.6) is 11.5 Å². The first-order chi connectivity index (χ1) is 8.37. The van der Waals surface area contributed by atoms with Crippen LogP contribution in [-0.2, 0) is 5.88 Å². The van der Waals surface area contributed by atoms with Gasteiger partial charge in [0.05, 0.1) is 18.7 Å². The molecule has 0 saturated carbocycles. The van der Waals surface area contributed by atoms with E-state index in [1.807, 2.05) is 12.1 Å². The molecule has 0 N–H and O–H groups in total. The average molecular weight is 291 g/mol. The molecule has 4 heteroatoms. The van der Waals surface area contributed by atoms with Gasteiger partial charge in [-0.15, -0.1) is 11.6 Å². The summed E-state index contributed by atoms with van der Waals surface area (Å²) < 4.78 is 11.0. The number of hydrogen-bond donors (Lipinski definition) is 0. The largest absolute Gasteiger partial charge is 0.493 e. The van der Waals surface area contributed by atoms with E-state index in [-0.39, 0.29) is 5.41 Å². The van der Waals surface area contributed by atoms with Crippen molar-refractivity contribution < 1.29 is 9.47 Å². The van der Waals surface area contributed by atoms with Gasteiger partial charge in [-0.1, -0.05) is 32.4 Å². The van der Waals surface area contributed by atoms with E-state index in [0.717, 1.165) is 12.0 Å². The highest BCUT2D eigenvalue weighted by Gasteiger charge is 2.14. The molecule has 0 aliphatic carbocycles. The van der Waals surface area contributed by atoms with Crippen molar-refractivity contribution in [1.82, 2.24) is 0 Å². The number of benzene rings is 1. The highest BCUT2D eigenvalue weighted by molar-refractivity contribution is 6.32. The lowest BCUT2D eigenvalue weighted by Gasteiger charge is -2.19. The highest BCUT2D eigenvalue weighted by Crippen LogP contribution is 2.37. The molecule has 1 aromatic rings. The van der Waals surface area contributed by atoms with Gasteiger partial charge in [0.1, 0.15) is 0 Å². The zero-order valence-electron chi connectivity index (χ0n) is 11.3. The summed E-state index contributed by atoms with van der Waals surface area (Å²) >= 11 is 12.0. The van der Waals surface area contributed by atoms with E-state index in [2.05, 4.69) is 20.8 Å². The van der Waals surface area contributed by atoms with E-state index in [4.69, 9.17) is 32.7 Å². The Kier molecular flexibility index (Phi) is 5.61. The molecule has 0 aliphatic heterocycles.